The molecule has 0 spiro atoms. The van der Waals surface area contributed by atoms with Gasteiger partial charge < -0.3 is 23.9 Å². The van der Waals surface area contributed by atoms with Crippen molar-refractivity contribution >= 4 is 40.2 Å². The van der Waals surface area contributed by atoms with Crippen molar-refractivity contribution in [3.05, 3.63) is 87.8 Å². The van der Waals surface area contributed by atoms with E-state index in [4.69, 9.17) is 42.1 Å². The van der Waals surface area contributed by atoms with E-state index in [0.29, 0.717) is 48.4 Å². The smallest absolute Gasteiger partial charge is 0.415 e. The first-order chi connectivity index (χ1) is 18.8. The monoisotopic (exact) mass is 568 g/mol. The minimum atomic E-state index is -0.581. The number of aromatic nitrogens is 1. The molecule has 7 nitrogen and oxygen atoms in total. The number of nitrogens with zero attached hydrogens (tertiary/aromatic N) is 1. The standard InChI is InChI=1S/C30H30Cl2N2O5/c1-30(2)37-17-23(39-30)16-36-21-8-3-18(4-9-21)28-27-24(25-15-20(32)7-12-26(25)33-27)13-14-34(28)29(35)38-22-10-5-19(31)6-11-22/h3,5-12,15,18,23,28,33H,4,13-14,16-17H2,1-2H3/t18?,23-,28+/m1/s1. The van der Waals surface area contributed by atoms with E-state index < -0.39 is 11.9 Å². The molecule has 0 saturated carbocycles. The second-order valence-electron chi connectivity index (χ2n) is 10.5. The summed E-state index contributed by atoms with van der Waals surface area (Å²) >= 11 is 12.3. The lowest BCUT2D eigenvalue weighted by Gasteiger charge is -2.39. The van der Waals surface area contributed by atoms with Gasteiger partial charge in [-0.15, -0.1) is 0 Å². The quantitative estimate of drug-likeness (QED) is 0.352. The van der Waals surface area contributed by atoms with Gasteiger partial charge in [0.15, 0.2) is 5.79 Å². The molecule has 2 aliphatic heterocycles. The molecule has 6 rings (SSSR count). The zero-order valence-electron chi connectivity index (χ0n) is 21.8. The van der Waals surface area contributed by atoms with Crippen molar-refractivity contribution in [2.24, 2.45) is 5.92 Å². The van der Waals surface area contributed by atoms with Crippen LogP contribution in [0.15, 0.2) is 66.5 Å². The van der Waals surface area contributed by atoms with Gasteiger partial charge in [-0.3, -0.25) is 4.90 Å². The first-order valence-electron chi connectivity index (χ1n) is 13.1. The van der Waals surface area contributed by atoms with Crippen molar-refractivity contribution in [3.63, 3.8) is 0 Å². The molecule has 0 radical (unpaired) electrons. The molecule has 9 heteroatoms. The van der Waals surface area contributed by atoms with Gasteiger partial charge in [-0.25, -0.2) is 4.79 Å². The SMILES string of the molecule is CC1(C)OC[C@@H](COC2=CCC([C@H]3c4[nH]c5ccc(Cl)cc5c4CCN3C(=O)Oc3ccc(Cl)cc3)C=C2)O1. The van der Waals surface area contributed by atoms with Gasteiger partial charge in [0.25, 0.3) is 0 Å². The van der Waals surface area contributed by atoms with E-state index in [1.807, 2.05) is 43.0 Å². The molecule has 1 amide bonds. The third-order valence-corrected chi connectivity index (χ3v) is 7.88. The largest absolute Gasteiger partial charge is 0.491 e. The highest BCUT2D eigenvalue weighted by molar-refractivity contribution is 6.31. The Kier molecular flexibility index (Phi) is 7.10. The van der Waals surface area contributed by atoms with Crippen LogP contribution in [-0.2, 0) is 20.6 Å². The molecule has 1 unspecified atom stereocenters. The normalized spacial score (nSPS) is 23.9. The van der Waals surface area contributed by atoms with Crippen molar-refractivity contribution in [2.45, 2.75) is 44.6 Å². The molecule has 3 aromatic rings. The Labute approximate surface area is 237 Å². The Bertz CT molecular complexity index is 1450. The van der Waals surface area contributed by atoms with Gasteiger partial charge in [0.2, 0.25) is 0 Å². The summed E-state index contributed by atoms with van der Waals surface area (Å²) < 4.78 is 23.3. The van der Waals surface area contributed by atoms with Crippen LogP contribution >= 0.6 is 23.2 Å². The Balaban J connectivity index is 1.24. The number of aromatic amines is 1. The maximum Gasteiger partial charge on any atom is 0.415 e. The molecule has 1 N–H and O–H groups in total. The zero-order valence-corrected chi connectivity index (χ0v) is 23.3. The van der Waals surface area contributed by atoms with Gasteiger partial charge >= 0.3 is 6.09 Å². The molecule has 204 valence electrons. The van der Waals surface area contributed by atoms with Gasteiger partial charge in [-0.2, -0.15) is 0 Å². The van der Waals surface area contributed by atoms with E-state index in [1.165, 1.54) is 5.56 Å². The molecule has 1 fully saturated rings. The number of benzene rings is 2. The van der Waals surface area contributed by atoms with E-state index in [9.17, 15) is 4.79 Å². The van der Waals surface area contributed by atoms with Gasteiger partial charge in [0.05, 0.1) is 12.6 Å². The summed E-state index contributed by atoms with van der Waals surface area (Å²) in [6.45, 7) is 5.25. The van der Waals surface area contributed by atoms with Crippen LogP contribution in [0.1, 0.15) is 37.6 Å². The molecule has 1 aliphatic carbocycles. The number of fused-ring (bicyclic) bond motifs is 3. The Morgan fingerprint density at radius 2 is 1.95 bits per heavy atom. The highest BCUT2D eigenvalue weighted by atomic mass is 35.5. The molecule has 1 aromatic heterocycles. The zero-order chi connectivity index (χ0) is 27.1. The number of amides is 1. The van der Waals surface area contributed by atoms with Crippen molar-refractivity contribution in [3.8, 4) is 5.75 Å². The molecule has 3 aliphatic rings. The van der Waals surface area contributed by atoms with E-state index in [2.05, 4.69) is 17.1 Å². The summed E-state index contributed by atoms with van der Waals surface area (Å²) in [4.78, 5) is 18.9. The van der Waals surface area contributed by atoms with Crippen LogP contribution in [0, 0.1) is 5.92 Å². The summed E-state index contributed by atoms with van der Waals surface area (Å²) in [5, 5.41) is 2.36. The maximum atomic E-state index is 13.5. The number of nitrogens with one attached hydrogen (secondary N) is 1. The topological polar surface area (TPSA) is 73.0 Å². The lowest BCUT2D eigenvalue weighted by atomic mass is 9.84. The molecule has 1 saturated heterocycles. The summed E-state index contributed by atoms with van der Waals surface area (Å²) in [6.07, 6.45) is 7.06. The number of allylic oxidation sites excluding steroid dienone is 2. The third kappa shape index (κ3) is 5.54. The van der Waals surface area contributed by atoms with Crippen LogP contribution in [0.4, 0.5) is 4.79 Å². The molecular formula is C30H30Cl2N2O5. The predicted octanol–water partition coefficient (Wildman–Crippen LogP) is 7.20. The van der Waals surface area contributed by atoms with Crippen molar-refractivity contribution in [1.82, 2.24) is 9.88 Å². The first-order valence-corrected chi connectivity index (χ1v) is 13.9. The van der Waals surface area contributed by atoms with Crippen molar-refractivity contribution in [1.29, 1.82) is 0 Å². The number of rotatable bonds is 5. The molecule has 2 aromatic carbocycles. The summed E-state index contributed by atoms with van der Waals surface area (Å²) in [6, 6.07) is 12.4. The third-order valence-electron chi connectivity index (χ3n) is 7.40. The number of carbonyl (C=O) groups is 1. The van der Waals surface area contributed by atoms with E-state index in [1.54, 1.807) is 24.3 Å². The van der Waals surface area contributed by atoms with E-state index in [0.717, 1.165) is 22.4 Å². The molecular weight excluding hydrogens is 539 g/mol. The van der Waals surface area contributed by atoms with E-state index in [-0.39, 0.29) is 18.1 Å². The number of H-pyrrole nitrogens is 1. The molecule has 3 atom stereocenters. The lowest BCUT2D eigenvalue weighted by Crippen LogP contribution is -2.44. The fourth-order valence-corrected chi connectivity index (χ4v) is 5.89. The van der Waals surface area contributed by atoms with Crippen LogP contribution in [0.2, 0.25) is 10.0 Å². The number of halogens is 2. The Morgan fingerprint density at radius 3 is 2.67 bits per heavy atom. The van der Waals surface area contributed by atoms with Crippen LogP contribution in [0.25, 0.3) is 10.9 Å². The molecule has 0 bridgehead atoms. The van der Waals surface area contributed by atoms with Crippen molar-refractivity contribution in [2.75, 3.05) is 19.8 Å². The fraction of sp³-hybridized carbons (Fsp3) is 0.367. The minimum Gasteiger partial charge on any atom is -0.491 e. The maximum absolute atomic E-state index is 13.5. The summed E-state index contributed by atoms with van der Waals surface area (Å²) in [5.74, 6) is 0.674. The summed E-state index contributed by atoms with van der Waals surface area (Å²) in [5.41, 5.74) is 3.20. The Hall–Kier alpha value is -2.97. The number of hydrogen-bond donors (Lipinski definition) is 1. The van der Waals surface area contributed by atoms with Crippen LogP contribution in [-0.4, -0.2) is 47.6 Å². The second-order valence-corrected chi connectivity index (χ2v) is 11.4. The lowest BCUT2D eigenvalue weighted by molar-refractivity contribution is -0.143. The van der Waals surface area contributed by atoms with Gasteiger partial charge in [-0.05, 0) is 86.9 Å². The number of carbonyl (C=O) groups excluding carboxylic acids is 1. The number of hydrogen-bond acceptors (Lipinski definition) is 5. The fourth-order valence-electron chi connectivity index (χ4n) is 5.59. The second kappa shape index (κ2) is 10.5. The van der Waals surface area contributed by atoms with Crippen LogP contribution < -0.4 is 4.74 Å². The van der Waals surface area contributed by atoms with E-state index >= 15 is 0 Å². The van der Waals surface area contributed by atoms with Crippen molar-refractivity contribution < 1.29 is 23.7 Å². The van der Waals surface area contributed by atoms with Gasteiger partial charge in [0, 0.05) is 39.1 Å². The average Bonchev–Trinajstić information content (AvgIpc) is 3.47. The summed E-state index contributed by atoms with van der Waals surface area (Å²) in [7, 11) is 0. The Morgan fingerprint density at radius 1 is 1.15 bits per heavy atom. The predicted molar refractivity (Wildman–Crippen MR) is 150 cm³/mol. The number of ether oxygens (including phenoxy) is 4. The first kappa shape index (κ1) is 26.3. The van der Waals surface area contributed by atoms with Gasteiger partial charge in [0.1, 0.15) is 24.2 Å². The molecule has 39 heavy (non-hydrogen) atoms. The van der Waals surface area contributed by atoms with Crippen LogP contribution in [0.5, 0.6) is 5.75 Å². The molecule has 3 heterocycles. The average molecular weight is 569 g/mol. The highest BCUT2D eigenvalue weighted by Gasteiger charge is 2.39. The van der Waals surface area contributed by atoms with Gasteiger partial charge in [-0.1, -0.05) is 29.3 Å². The minimum absolute atomic E-state index is 0.0164. The highest BCUT2D eigenvalue weighted by Crippen LogP contribution is 2.42. The van der Waals surface area contributed by atoms with Crippen LogP contribution in [0.3, 0.4) is 0 Å².